The fourth-order valence-electron chi connectivity index (χ4n) is 3.32. The number of imidazole rings is 1. The van der Waals surface area contributed by atoms with Crippen molar-refractivity contribution < 1.29 is 9.53 Å². The number of nitrogens with one attached hydrogen (secondary N) is 1. The highest BCUT2D eigenvalue weighted by Gasteiger charge is 2.14. The van der Waals surface area contributed by atoms with Crippen molar-refractivity contribution in [1.29, 1.82) is 0 Å². The molecule has 1 atom stereocenters. The second-order valence-corrected chi connectivity index (χ2v) is 7.26. The van der Waals surface area contributed by atoms with Crippen LogP contribution in [0.3, 0.4) is 0 Å². The van der Waals surface area contributed by atoms with Gasteiger partial charge in [-0.15, -0.1) is 0 Å². The van der Waals surface area contributed by atoms with Gasteiger partial charge in [-0.2, -0.15) is 0 Å². The summed E-state index contributed by atoms with van der Waals surface area (Å²) in [5.41, 5.74) is 2.58. The SMILES string of the molecule is CC(C)Oc1cccc(C(C)NC(=O)CCn2c(=O)n(C)c3ccccc32)c1. The molecule has 0 radical (unpaired) electrons. The topological polar surface area (TPSA) is 65.3 Å². The summed E-state index contributed by atoms with van der Waals surface area (Å²) in [5, 5.41) is 3.00. The van der Waals surface area contributed by atoms with E-state index in [-0.39, 0.29) is 30.2 Å². The molecule has 1 heterocycles. The second-order valence-electron chi connectivity index (χ2n) is 7.26. The third kappa shape index (κ3) is 4.27. The summed E-state index contributed by atoms with van der Waals surface area (Å²) < 4.78 is 8.98. The van der Waals surface area contributed by atoms with Crippen LogP contribution in [0, 0.1) is 0 Å². The number of hydrogen-bond donors (Lipinski definition) is 1. The summed E-state index contributed by atoms with van der Waals surface area (Å²) in [6, 6.07) is 15.2. The van der Waals surface area contributed by atoms with Crippen molar-refractivity contribution in [1.82, 2.24) is 14.5 Å². The molecular formula is C22H27N3O3. The maximum Gasteiger partial charge on any atom is 0.328 e. The zero-order chi connectivity index (χ0) is 20.3. The van der Waals surface area contributed by atoms with Crippen LogP contribution in [0.15, 0.2) is 53.3 Å². The fourth-order valence-corrected chi connectivity index (χ4v) is 3.32. The summed E-state index contributed by atoms with van der Waals surface area (Å²) in [5.74, 6) is 0.693. The number of aromatic nitrogens is 2. The van der Waals surface area contributed by atoms with Gasteiger partial charge >= 0.3 is 5.69 Å². The van der Waals surface area contributed by atoms with Crippen LogP contribution in [0.25, 0.3) is 11.0 Å². The number of ether oxygens (including phenoxy) is 1. The molecule has 1 aromatic heterocycles. The van der Waals surface area contributed by atoms with Crippen molar-refractivity contribution in [3.8, 4) is 5.75 Å². The summed E-state index contributed by atoms with van der Waals surface area (Å²) in [6.07, 6.45) is 0.333. The largest absolute Gasteiger partial charge is 0.491 e. The van der Waals surface area contributed by atoms with Crippen LogP contribution in [-0.2, 0) is 18.4 Å². The molecule has 28 heavy (non-hydrogen) atoms. The normalized spacial score (nSPS) is 12.3. The van der Waals surface area contributed by atoms with Gasteiger partial charge in [0.1, 0.15) is 5.75 Å². The molecule has 0 saturated carbocycles. The third-order valence-electron chi connectivity index (χ3n) is 4.72. The Morgan fingerprint density at radius 3 is 2.50 bits per heavy atom. The predicted octanol–water partition coefficient (Wildman–Crippen LogP) is 3.39. The maximum atomic E-state index is 12.5. The van der Waals surface area contributed by atoms with E-state index in [0.717, 1.165) is 22.3 Å². The van der Waals surface area contributed by atoms with Crippen molar-refractivity contribution in [3.63, 3.8) is 0 Å². The van der Waals surface area contributed by atoms with Crippen LogP contribution in [-0.4, -0.2) is 21.1 Å². The maximum absolute atomic E-state index is 12.5. The van der Waals surface area contributed by atoms with Crippen molar-refractivity contribution in [2.45, 2.75) is 45.9 Å². The van der Waals surface area contributed by atoms with Crippen LogP contribution in [0.5, 0.6) is 5.75 Å². The molecule has 3 rings (SSSR count). The summed E-state index contributed by atoms with van der Waals surface area (Å²) in [4.78, 5) is 24.9. The van der Waals surface area contributed by atoms with Gasteiger partial charge < -0.3 is 10.1 Å². The van der Waals surface area contributed by atoms with E-state index in [2.05, 4.69) is 5.32 Å². The van der Waals surface area contributed by atoms with Gasteiger partial charge in [-0.05, 0) is 50.6 Å². The van der Waals surface area contributed by atoms with E-state index in [4.69, 9.17) is 4.74 Å². The van der Waals surface area contributed by atoms with Gasteiger partial charge in [0.15, 0.2) is 0 Å². The molecule has 2 aromatic carbocycles. The number of amides is 1. The number of rotatable bonds is 7. The molecule has 6 nitrogen and oxygen atoms in total. The Kier molecular flexibility index (Phi) is 5.87. The monoisotopic (exact) mass is 381 g/mol. The van der Waals surface area contributed by atoms with Crippen molar-refractivity contribution in [2.24, 2.45) is 7.05 Å². The molecule has 1 N–H and O–H groups in total. The first kappa shape index (κ1) is 19.7. The highest BCUT2D eigenvalue weighted by Crippen LogP contribution is 2.20. The fraction of sp³-hybridized carbons (Fsp3) is 0.364. The lowest BCUT2D eigenvalue weighted by atomic mass is 10.1. The van der Waals surface area contributed by atoms with Gasteiger partial charge in [0.25, 0.3) is 0 Å². The Labute approximate surface area is 164 Å². The summed E-state index contributed by atoms with van der Waals surface area (Å²) >= 11 is 0. The third-order valence-corrected chi connectivity index (χ3v) is 4.72. The molecule has 6 heteroatoms. The molecule has 0 aliphatic heterocycles. The minimum absolute atomic E-state index is 0.0949. The average Bonchev–Trinajstić information content (AvgIpc) is 2.90. The van der Waals surface area contributed by atoms with Crippen molar-refractivity contribution >= 4 is 16.9 Å². The Hall–Kier alpha value is -3.02. The zero-order valence-electron chi connectivity index (χ0n) is 16.8. The highest BCUT2D eigenvalue weighted by molar-refractivity contribution is 5.78. The number of para-hydroxylation sites is 2. The minimum atomic E-state index is -0.146. The average molecular weight is 381 g/mol. The van der Waals surface area contributed by atoms with Crippen molar-refractivity contribution in [2.75, 3.05) is 0 Å². The highest BCUT2D eigenvalue weighted by atomic mass is 16.5. The van der Waals surface area contributed by atoms with Gasteiger partial charge in [0.2, 0.25) is 5.91 Å². The first-order chi connectivity index (χ1) is 13.4. The number of carbonyl (C=O) groups excluding carboxylic acids is 1. The minimum Gasteiger partial charge on any atom is -0.491 e. The Bertz CT molecular complexity index is 1030. The molecule has 148 valence electrons. The lowest BCUT2D eigenvalue weighted by molar-refractivity contribution is -0.121. The number of fused-ring (bicyclic) bond motifs is 1. The quantitative estimate of drug-likeness (QED) is 0.682. The first-order valence-corrected chi connectivity index (χ1v) is 9.57. The van der Waals surface area contributed by atoms with Crippen LogP contribution in [0.4, 0.5) is 0 Å². The van der Waals surface area contributed by atoms with Gasteiger partial charge in [-0.25, -0.2) is 4.79 Å². The molecule has 1 unspecified atom stereocenters. The molecule has 1 amide bonds. The number of nitrogens with zero attached hydrogens (tertiary/aromatic N) is 2. The van der Waals surface area contributed by atoms with Crippen LogP contribution < -0.4 is 15.7 Å². The van der Waals surface area contributed by atoms with Gasteiger partial charge in [-0.1, -0.05) is 24.3 Å². The van der Waals surface area contributed by atoms with E-state index in [0.29, 0.717) is 6.54 Å². The molecule has 3 aromatic rings. The van der Waals surface area contributed by atoms with Gasteiger partial charge in [0, 0.05) is 20.0 Å². The summed E-state index contributed by atoms with van der Waals surface area (Å²) in [6.45, 7) is 6.24. The van der Waals surface area contributed by atoms with E-state index in [1.165, 1.54) is 0 Å². The van der Waals surface area contributed by atoms with Crippen molar-refractivity contribution in [3.05, 3.63) is 64.6 Å². The molecule has 0 aliphatic carbocycles. The second kappa shape index (κ2) is 8.33. The Balaban J connectivity index is 1.65. The smallest absolute Gasteiger partial charge is 0.328 e. The molecular weight excluding hydrogens is 354 g/mol. The van der Waals surface area contributed by atoms with Gasteiger partial charge in [0.05, 0.1) is 23.2 Å². The van der Waals surface area contributed by atoms with E-state index < -0.39 is 0 Å². The lowest BCUT2D eigenvalue weighted by Gasteiger charge is -2.16. The van der Waals surface area contributed by atoms with Crippen LogP contribution in [0.2, 0.25) is 0 Å². The standard InChI is InChI=1S/C22H27N3O3/c1-15(2)28-18-9-7-8-17(14-18)16(3)23-21(26)12-13-25-20-11-6-5-10-19(20)24(4)22(25)27/h5-11,14-16H,12-13H2,1-4H3,(H,23,26). The Morgan fingerprint density at radius 2 is 1.79 bits per heavy atom. The number of hydrogen-bond acceptors (Lipinski definition) is 3. The predicted molar refractivity (Wildman–Crippen MR) is 111 cm³/mol. The molecule has 0 spiro atoms. The molecule has 0 fully saturated rings. The molecule has 0 saturated heterocycles. The first-order valence-electron chi connectivity index (χ1n) is 9.57. The van der Waals surface area contributed by atoms with Crippen LogP contribution >= 0.6 is 0 Å². The molecule has 0 aliphatic rings. The molecule has 0 bridgehead atoms. The van der Waals surface area contributed by atoms with Crippen LogP contribution in [0.1, 0.15) is 38.8 Å². The van der Waals surface area contributed by atoms with E-state index in [1.807, 2.05) is 69.3 Å². The van der Waals surface area contributed by atoms with Gasteiger partial charge in [-0.3, -0.25) is 13.9 Å². The number of aryl methyl sites for hydroxylation is 2. The van der Waals surface area contributed by atoms with E-state index >= 15 is 0 Å². The zero-order valence-corrected chi connectivity index (χ0v) is 16.8. The van der Waals surface area contributed by atoms with E-state index in [9.17, 15) is 9.59 Å². The van der Waals surface area contributed by atoms with E-state index in [1.54, 1.807) is 16.2 Å². The lowest BCUT2D eigenvalue weighted by Crippen LogP contribution is -2.29. The Morgan fingerprint density at radius 1 is 1.07 bits per heavy atom. The number of benzene rings is 2. The summed E-state index contributed by atoms with van der Waals surface area (Å²) in [7, 11) is 1.75. The number of carbonyl (C=O) groups is 1.